The van der Waals surface area contributed by atoms with Gasteiger partial charge in [-0.2, -0.15) is 5.10 Å². The van der Waals surface area contributed by atoms with Crippen LogP contribution in [0.15, 0.2) is 83.4 Å². The number of halogens is 2. The number of benzene rings is 2. The number of aromatic nitrogens is 3. The summed E-state index contributed by atoms with van der Waals surface area (Å²) in [7, 11) is 0. The maximum atomic E-state index is 11.7. The number of nitrogens with one attached hydrogen (secondary N) is 1. The van der Waals surface area contributed by atoms with E-state index in [0.29, 0.717) is 11.4 Å². The molecule has 0 unspecified atom stereocenters. The molecule has 6 rings (SSSR count). The van der Waals surface area contributed by atoms with E-state index in [1.54, 1.807) is 6.20 Å². The third-order valence-electron chi connectivity index (χ3n) is 6.47. The molecule has 0 bridgehead atoms. The van der Waals surface area contributed by atoms with E-state index in [4.69, 9.17) is 21.4 Å². The topological polar surface area (TPSA) is 72.3 Å². The van der Waals surface area contributed by atoms with Crippen molar-refractivity contribution in [3.8, 4) is 17.1 Å². The number of fused-ring (bicyclic) bond motifs is 1. The Balaban J connectivity index is 1.32. The van der Waals surface area contributed by atoms with Crippen LogP contribution in [0.1, 0.15) is 29.8 Å². The van der Waals surface area contributed by atoms with Gasteiger partial charge in [-0.05, 0) is 66.9 Å². The van der Waals surface area contributed by atoms with Crippen LogP contribution >= 0.6 is 27.5 Å². The van der Waals surface area contributed by atoms with Crippen molar-refractivity contribution in [2.75, 3.05) is 11.9 Å². The van der Waals surface area contributed by atoms with Gasteiger partial charge in [-0.3, -0.25) is 9.78 Å². The lowest BCUT2D eigenvalue weighted by atomic mass is 10.1. The van der Waals surface area contributed by atoms with E-state index < -0.39 is 0 Å². The van der Waals surface area contributed by atoms with Crippen LogP contribution in [0.4, 0.5) is 5.69 Å². The van der Waals surface area contributed by atoms with Crippen LogP contribution in [-0.2, 0) is 22.4 Å². The van der Waals surface area contributed by atoms with Gasteiger partial charge in [0.15, 0.2) is 0 Å². The third kappa shape index (κ3) is 4.86. The molecule has 0 aliphatic carbocycles. The van der Waals surface area contributed by atoms with Crippen LogP contribution in [0, 0.1) is 0 Å². The molecule has 2 aliphatic rings. The number of carbonyl (C=O) groups excluding carboxylic acids is 1. The van der Waals surface area contributed by atoms with Crippen molar-refractivity contribution >= 4 is 39.1 Å². The summed E-state index contributed by atoms with van der Waals surface area (Å²) in [5.41, 5.74) is 6.44. The van der Waals surface area contributed by atoms with Gasteiger partial charge in [-0.15, -0.1) is 0 Å². The van der Waals surface area contributed by atoms with Gasteiger partial charge in [-0.25, -0.2) is 4.68 Å². The molecule has 4 aromatic rings. The highest BCUT2D eigenvalue weighted by atomic mass is 79.9. The second-order valence-electron chi connectivity index (χ2n) is 9.13. The van der Waals surface area contributed by atoms with E-state index in [-0.39, 0.29) is 12.1 Å². The Labute approximate surface area is 227 Å². The van der Waals surface area contributed by atoms with Crippen LogP contribution in [-0.4, -0.2) is 32.1 Å². The number of carbonyl (C=O) groups is 1. The van der Waals surface area contributed by atoms with E-state index in [1.807, 2.05) is 66.5 Å². The van der Waals surface area contributed by atoms with E-state index in [9.17, 15) is 4.79 Å². The second kappa shape index (κ2) is 9.68. The maximum absolute atomic E-state index is 11.7. The molecule has 1 N–H and O–H groups in total. The summed E-state index contributed by atoms with van der Waals surface area (Å²) in [6.45, 7) is 2.69. The predicted octanol–water partition coefficient (Wildman–Crippen LogP) is 6.28. The van der Waals surface area contributed by atoms with Crippen molar-refractivity contribution in [2.24, 2.45) is 0 Å². The minimum atomic E-state index is -0.352. The molecule has 2 aliphatic heterocycles. The van der Waals surface area contributed by atoms with E-state index in [1.165, 1.54) is 5.56 Å². The van der Waals surface area contributed by atoms with Crippen LogP contribution in [0.5, 0.6) is 0 Å². The first kappa shape index (κ1) is 23.8. The predicted molar refractivity (Wildman–Crippen MR) is 146 cm³/mol. The number of nitrogens with zero attached hydrogens (tertiary/aromatic N) is 4. The number of ether oxygens (including phenoxy) is 1. The van der Waals surface area contributed by atoms with E-state index in [2.05, 4.69) is 43.3 Å². The zero-order chi connectivity index (χ0) is 25.5. The maximum Gasteiger partial charge on any atom is 0.228 e. The SMILES string of the molecule is CC1=CN(CCc2ccc3c(c2)CC(=O)N3)[C@H](c2cn(-c3ccc(Br)cc3)nc2-c2ccc(Cl)cn2)O1. The lowest BCUT2D eigenvalue weighted by molar-refractivity contribution is -0.115. The molecule has 186 valence electrons. The van der Waals surface area contributed by atoms with Gasteiger partial charge in [0.25, 0.3) is 0 Å². The molecule has 2 aromatic heterocycles. The van der Waals surface area contributed by atoms with E-state index in [0.717, 1.165) is 57.1 Å². The summed E-state index contributed by atoms with van der Waals surface area (Å²) in [6, 6.07) is 17.8. The highest BCUT2D eigenvalue weighted by Gasteiger charge is 2.31. The number of amides is 1. The summed E-state index contributed by atoms with van der Waals surface area (Å²) in [5, 5.41) is 8.37. The molecule has 0 fully saturated rings. The summed E-state index contributed by atoms with van der Waals surface area (Å²) >= 11 is 9.61. The lowest BCUT2D eigenvalue weighted by Crippen LogP contribution is -2.23. The largest absolute Gasteiger partial charge is 0.469 e. The molecule has 37 heavy (non-hydrogen) atoms. The third-order valence-corrected chi connectivity index (χ3v) is 7.22. The Morgan fingerprint density at radius 1 is 1.16 bits per heavy atom. The molecule has 2 aromatic carbocycles. The van der Waals surface area contributed by atoms with Crippen LogP contribution in [0.2, 0.25) is 5.02 Å². The Hall–Kier alpha value is -3.62. The lowest BCUT2D eigenvalue weighted by Gasteiger charge is -2.24. The van der Waals surface area contributed by atoms with Gasteiger partial charge in [-0.1, -0.05) is 39.7 Å². The van der Waals surface area contributed by atoms with Crippen molar-refractivity contribution < 1.29 is 9.53 Å². The number of pyridine rings is 1. The second-order valence-corrected chi connectivity index (χ2v) is 10.5. The van der Waals surface area contributed by atoms with Crippen molar-refractivity contribution in [1.82, 2.24) is 19.7 Å². The molecule has 0 saturated heterocycles. The fourth-order valence-corrected chi connectivity index (χ4v) is 5.08. The normalized spacial score (nSPS) is 16.4. The fraction of sp³-hybridized carbons (Fsp3) is 0.179. The number of anilines is 1. The Bertz CT molecular complexity index is 1510. The van der Waals surface area contributed by atoms with Gasteiger partial charge >= 0.3 is 0 Å². The van der Waals surface area contributed by atoms with Crippen molar-refractivity contribution in [1.29, 1.82) is 0 Å². The molecule has 7 nitrogen and oxygen atoms in total. The highest BCUT2D eigenvalue weighted by Crippen LogP contribution is 2.37. The average molecular weight is 577 g/mol. The molecule has 9 heteroatoms. The summed E-state index contributed by atoms with van der Waals surface area (Å²) in [5.74, 6) is 0.880. The number of rotatable bonds is 6. The molecule has 1 amide bonds. The number of hydrogen-bond acceptors (Lipinski definition) is 5. The fourth-order valence-electron chi connectivity index (χ4n) is 4.70. The Kier molecular flexibility index (Phi) is 6.22. The summed E-state index contributed by atoms with van der Waals surface area (Å²) < 4.78 is 9.16. The van der Waals surface area contributed by atoms with Crippen LogP contribution in [0.25, 0.3) is 17.1 Å². The molecular weight excluding hydrogens is 554 g/mol. The smallest absolute Gasteiger partial charge is 0.228 e. The minimum absolute atomic E-state index is 0.0461. The van der Waals surface area contributed by atoms with Crippen molar-refractivity contribution in [3.63, 3.8) is 0 Å². The quantitative estimate of drug-likeness (QED) is 0.293. The van der Waals surface area contributed by atoms with E-state index >= 15 is 0 Å². The molecule has 4 heterocycles. The Morgan fingerprint density at radius 2 is 2.00 bits per heavy atom. The number of allylic oxidation sites excluding steroid dienone is 1. The summed E-state index contributed by atoms with van der Waals surface area (Å²) in [4.78, 5) is 18.5. The molecule has 0 saturated carbocycles. The Morgan fingerprint density at radius 3 is 2.78 bits per heavy atom. The zero-order valence-corrected chi connectivity index (χ0v) is 22.3. The average Bonchev–Trinajstić information content (AvgIpc) is 3.59. The molecule has 1 atom stereocenters. The summed E-state index contributed by atoms with van der Waals surface area (Å²) in [6.07, 6.45) is 6.56. The monoisotopic (exact) mass is 575 g/mol. The first-order valence-corrected chi connectivity index (χ1v) is 13.1. The van der Waals surface area contributed by atoms with Crippen LogP contribution < -0.4 is 5.32 Å². The molecular formula is C28H23BrClN5O2. The van der Waals surface area contributed by atoms with Gasteiger partial charge in [0, 0.05) is 35.3 Å². The first-order valence-electron chi connectivity index (χ1n) is 11.9. The zero-order valence-electron chi connectivity index (χ0n) is 20.0. The van der Waals surface area contributed by atoms with Gasteiger partial charge in [0.05, 0.1) is 28.4 Å². The van der Waals surface area contributed by atoms with Gasteiger partial charge in [0.1, 0.15) is 11.5 Å². The molecule has 0 radical (unpaired) electrons. The first-order chi connectivity index (χ1) is 17.9. The van der Waals surface area contributed by atoms with Crippen molar-refractivity contribution in [3.05, 3.63) is 105 Å². The van der Waals surface area contributed by atoms with Crippen molar-refractivity contribution in [2.45, 2.75) is 26.0 Å². The van der Waals surface area contributed by atoms with Gasteiger partial charge < -0.3 is 15.0 Å². The standard InChI is InChI=1S/C28H23BrClN5O2/c1-17-15-34(11-10-18-2-8-24-19(12-18)13-26(36)32-24)28(37-17)23-16-35(22-6-3-20(29)4-7-22)33-27(23)25-9-5-21(30)14-31-25/h2-9,12,14-16,28H,10-11,13H2,1H3,(H,32,36)/t28-/m0/s1. The number of hydrogen-bond donors (Lipinski definition) is 1. The molecule has 0 spiro atoms. The van der Waals surface area contributed by atoms with Gasteiger partial charge in [0.2, 0.25) is 12.1 Å². The highest BCUT2D eigenvalue weighted by molar-refractivity contribution is 9.10. The van der Waals surface area contributed by atoms with Crippen LogP contribution in [0.3, 0.4) is 0 Å². The minimum Gasteiger partial charge on any atom is -0.469 e.